The number of rotatable bonds is 6. The fraction of sp³-hybridized carbons (Fsp3) is 0.375. The molecule has 1 aromatic heterocycles. The number of hydrogen-bond acceptors (Lipinski definition) is 3. The highest BCUT2D eigenvalue weighted by Gasteiger charge is 2.11. The van der Waals surface area contributed by atoms with Crippen molar-refractivity contribution in [3.05, 3.63) is 51.7 Å². The molecule has 0 bridgehead atoms. The van der Waals surface area contributed by atoms with Crippen molar-refractivity contribution in [3.63, 3.8) is 0 Å². The maximum atomic E-state index is 3.43. The Morgan fingerprint density at radius 1 is 1.11 bits per heavy atom. The van der Waals surface area contributed by atoms with Gasteiger partial charge in [-0.25, -0.2) is 0 Å². The summed E-state index contributed by atoms with van der Waals surface area (Å²) >= 11 is 3.72. The minimum Gasteiger partial charge on any atom is -0.313 e. The summed E-state index contributed by atoms with van der Waals surface area (Å²) in [4.78, 5) is 4.26. The minimum atomic E-state index is 0.402. The molecule has 19 heavy (non-hydrogen) atoms. The van der Waals surface area contributed by atoms with Gasteiger partial charge in [0.1, 0.15) is 0 Å². The predicted octanol–water partition coefficient (Wildman–Crippen LogP) is 4.54. The zero-order valence-corrected chi connectivity index (χ0v) is 13.4. The molecule has 0 fully saturated rings. The van der Waals surface area contributed by atoms with E-state index in [1.54, 1.807) is 11.8 Å². The molecule has 0 spiro atoms. The van der Waals surface area contributed by atoms with Gasteiger partial charge in [-0.2, -0.15) is 0 Å². The van der Waals surface area contributed by atoms with E-state index in [0.29, 0.717) is 6.04 Å². The lowest BCUT2D eigenvalue weighted by Crippen LogP contribution is -2.18. The third kappa shape index (κ3) is 3.85. The smallest absolute Gasteiger partial charge is 0.0366 e. The Morgan fingerprint density at radius 3 is 2.32 bits per heavy atom. The first kappa shape index (κ1) is 14.6. The molecule has 0 amide bonds. The Balaban J connectivity index is 2.10. The van der Waals surface area contributed by atoms with E-state index in [1.807, 2.05) is 18.4 Å². The highest BCUT2D eigenvalue weighted by Crippen LogP contribution is 2.25. The Kier molecular flexibility index (Phi) is 5.49. The van der Waals surface area contributed by atoms with E-state index in [4.69, 9.17) is 0 Å². The van der Waals surface area contributed by atoms with Gasteiger partial charge in [0, 0.05) is 27.1 Å². The maximum Gasteiger partial charge on any atom is 0.0366 e. The lowest BCUT2D eigenvalue weighted by molar-refractivity contribution is 0.596. The molecule has 0 aliphatic heterocycles. The predicted molar refractivity (Wildman–Crippen MR) is 87.4 cm³/mol. The van der Waals surface area contributed by atoms with Crippen LogP contribution in [0.4, 0.5) is 0 Å². The average molecular weight is 291 g/mol. The number of hydrogen-bond donors (Lipinski definition) is 1. The Morgan fingerprint density at radius 2 is 1.79 bits per heavy atom. The van der Waals surface area contributed by atoms with Gasteiger partial charge in [-0.3, -0.25) is 0 Å². The Bertz CT molecular complexity index is 502. The van der Waals surface area contributed by atoms with Gasteiger partial charge >= 0.3 is 0 Å². The molecule has 0 aliphatic rings. The zero-order chi connectivity index (χ0) is 13.7. The normalized spacial score (nSPS) is 12.6. The number of benzene rings is 1. The van der Waals surface area contributed by atoms with Crippen LogP contribution >= 0.6 is 23.1 Å². The van der Waals surface area contributed by atoms with Gasteiger partial charge in [-0.15, -0.1) is 23.1 Å². The number of likely N-dealkylation sites (N-methyl/N-ethyl adjacent to an activating group) is 1. The zero-order valence-electron chi connectivity index (χ0n) is 11.8. The largest absolute Gasteiger partial charge is 0.313 e. The van der Waals surface area contributed by atoms with Gasteiger partial charge in [0.2, 0.25) is 0 Å². The highest BCUT2D eigenvalue weighted by molar-refractivity contribution is 7.98. The summed E-state index contributed by atoms with van der Waals surface area (Å²) in [6, 6.07) is 13.8. The lowest BCUT2D eigenvalue weighted by atomic mass is 10.0. The van der Waals surface area contributed by atoms with Crippen LogP contribution in [0, 0.1) is 0 Å². The summed E-state index contributed by atoms with van der Waals surface area (Å²) in [7, 11) is 2.04. The van der Waals surface area contributed by atoms with Gasteiger partial charge in [0.05, 0.1) is 0 Å². The van der Waals surface area contributed by atoms with E-state index in [-0.39, 0.29) is 0 Å². The number of aryl methyl sites for hydroxylation is 1. The third-order valence-electron chi connectivity index (χ3n) is 3.34. The molecule has 1 unspecified atom stereocenters. The van der Waals surface area contributed by atoms with Crippen molar-refractivity contribution in [1.29, 1.82) is 0 Å². The van der Waals surface area contributed by atoms with Crippen LogP contribution in [-0.4, -0.2) is 13.3 Å². The summed E-state index contributed by atoms with van der Waals surface area (Å²) < 4.78 is 0. The second kappa shape index (κ2) is 7.13. The molecule has 1 atom stereocenters. The second-order valence-electron chi connectivity index (χ2n) is 4.54. The van der Waals surface area contributed by atoms with Crippen LogP contribution in [0.25, 0.3) is 0 Å². The summed E-state index contributed by atoms with van der Waals surface area (Å²) in [5.41, 5.74) is 1.37. The van der Waals surface area contributed by atoms with Crippen LogP contribution in [-0.2, 0) is 12.8 Å². The van der Waals surface area contributed by atoms with Crippen molar-refractivity contribution >= 4 is 23.1 Å². The van der Waals surface area contributed by atoms with Crippen LogP contribution in [0.5, 0.6) is 0 Å². The number of nitrogens with one attached hydrogen (secondary N) is 1. The van der Waals surface area contributed by atoms with E-state index in [9.17, 15) is 0 Å². The molecule has 0 saturated carbocycles. The standard InChI is InChI=1S/C16H21NS2/c1-4-13-9-10-15(19-13)11-16(17-2)12-5-7-14(18-3)8-6-12/h5-10,16-17H,4,11H2,1-3H3. The van der Waals surface area contributed by atoms with Gasteiger partial charge in [-0.1, -0.05) is 19.1 Å². The summed E-state index contributed by atoms with van der Waals surface area (Å²) in [5, 5.41) is 3.43. The molecule has 2 rings (SSSR count). The first-order valence-electron chi connectivity index (χ1n) is 6.65. The number of thioether (sulfide) groups is 1. The van der Waals surface area contributed by atoms with Gasteiger partial charge in [0.15, 0.2) is 0 Å². The van der Waals surface area contributed by atoms with E-state index in [2.05, 4.69) is 54.9 Å². The Labute approximate surface area is 124 Å². The van der Waals surface area contributed by atoms with Crippen LogP contribution in [0.2, 0.25) is 0 Å². The summed E-state index contributed by atoms with van der Waals surface area (Å²) in [5.74, 6) is 0. The molecule has 1 aromatic carbocycles. The van der Waals surface area contributed by atoms with Crippen molar-refractivity contribution < 1.29 is 0 Å². The average Bonchev–Trinajstić information content (AvgIpc) is 2.92. The molecule has 0 saturated heterocycles. The summed E-state index contributed by atoms with van der Waals surface area (Å²) in [6.07, 6.45) is 4.32. The second-order valence-corrected chi connectivity index (χ2v) is 6.67. The van der Waals surface area contributed by atoms with Crippen molar-refractivity contribution in [3.8, 4) is 0 Å². The lowest BCUT2D eigenvalue weighted by Gasteiger charge is -2.16. The molecule has 0 aliphatic carbocycles. The summed E-state index contributed by atoms with van der Waals surface area (Å²) in [6.45, 7) is 2.21. The van der Waals surface area contributed by atoms with Crippen molar-refractivity contribution in [2.24, 2.45) is 0 Å². The van der Waals surface area contributed by atoms with Gasteiger partial charge in [0.25, 0.3) is 0 Å². The van der Waals surface area contributed by atoms with E-state index < -0.39 is 0 Å². The minimum absolute atomic E-state index is 0.402. The van der Waals surface area contributed by atoms with E-state index in [1.165, 1.54) is 20.2 Å². The number of thiophene rings is 1. The molecule has 0 radical (unpaired) electrons. The quantitative estimate of drug-likeness (QED) is 0.784. The van der Waals surface area contributed by atoms with Crippen LogP contribution in [0.1, 0.15) is 28.3 Å². The monoisotopic (exact) mass is 291 g/mol. The Hall–Kier alpha value is -0.770. The van der Waals surface area contributed by atoms with E-state index in [0.717, 1.165) is 12.8 Å². The molecule has 2 aromatic rings. The van der Waals surface area contributed by atoms with Gasteiger partial charge < -0.3 is 5.32 Å². The SMILES string of the molecule is CCc1ccc(CC(NC)c2ccc(SC)cc2)s1. The third-order valence-corrected chi connectivity index (χ3v) is 5.33. The molecule has 1 heterocycles. The molecule has 1 nitrogen and oxygen atoms in total. The van der Waals surface area contributed by atoms with Crippen molar-refractivity contribution in [1.82, 2.24) is 5.32 Å². The fourth-order valence-electron chi connectivity index (χ4n) is 2.15. The van der Waals surface area contributed by atoms with Crippen LogP contribution in [0.3, 0.4) is 0 Å². The van der Waals surface area contributed by atoms with Crippen LogP contribution < -0.4 is 5.32 Å². The topological polar surface area (TPSA) is 12.0 Å². The molecular formula is C16H21NS2. The fourth-order valence-corrected chi connectivity index (χ4v) is 3.56. The molecule has 1 N–H and O–H groups in total. The first-order valence-corrected chi connectivity index (χ1v) is 8.69. The van der Waals surface area contributed by atoms with Crippen molar-refractivity contribution in [2.45, 2.75) is 30.7 Å². The van der Waals surface area contributed by atoms with Gasteiger partial charge in [-0.05, 0) is 49.6 Å². The molecule has 102 valence electrons. The van der Waals surface area contributed by atoms with E-state index >= 15 is 0 Å². The molecular weight excluding hydrogens is 270 g/mol. The van der Waals surface area contributed by atoms with Crippen LogP contribution in [0.15, 0.2) is 41.3 Å². The first-order chi connectivity index (χ1) is 9.26. The molecule has 3 heteroatoms. The highest BCUT2D eigenvalue weighted by atomic mass is 32.2. The maximum absolute atomic E-state index is 3.43. The van der Waals surface area contributed by atoms with Crippen molar-refractivity contribution in [2.75, 3.05) is 13.3 Å².